The molecule has 1 aromatic carbocycles. The number of rotatable bonds is 12. The summed E-state index contributed by atoms with van der Waals surface area (Å²) in [5.41, 5.74) is 4.50. The maximum Gasteiger partial charge on any atom is 0.459 e. The SMILES string of the molecule is CCOc1nc(N)nc2c1ncn2[C@@H]1O[C@H](COP(=O)(NC(C)C(=O)OC(C)C)Oc2ccccc2)C[C@@]1(C)F. The highest BCUT2D eigenvalue weighted by molar-refractivity contribution is 7.52. The topological polar surface area (TPSA) is 162 Å². The maximum absolute atomic E-state index is 15.9. The van der Waals surface area contributed by atoms with E-state index in [1.165, 1.54) is 24.7 Å². The molecule has 3 N–H and O–H groups in total. The van der Waals surface area contributed by atoms with E-state index in [9.17, 15) is 9.36 Å². The number of nitrogen functional groups attached to an aromatic ring is 1. The number of nitrogens with one attached hydrogen (secondary N) is 1. The number of ether oxygens (including phenoxy) is 3. The summed E-state index contributed by atoms with van der Waals surface area (Å²) < 4.78 is 59.1. The minimum absolute atomic E-state index is 0.0636. The number of aromatic nitrogens is 4. The number of nitrogens with two attached hydrogens (primary N) is 1. The summed E-state index contributed by atoms with van der Waals surface area (Å²) in [6.45, 7) is 8.05. The number of hydrogen-bond donors (Lipinski definition) is 2. The standard InChI is InChI=1S/C25H34FN6O7P/c1-6-35-21-19-20(29-24(27)30-21)32(14-28-19)23-25(5,26)12-18(38-23)13-36-40(34,39-17-10-8-7-9-11-17)31-16(4)22(33)37-15(2)3/h7-11,14-16,18,23H,6,12-13H2,1-5H3,(H,31,34)(H2,27,29,30)/t16?,18-,23+,25+,40?/m0/s1. The number of halogens is 1. The number of fused-ring (bicyclic) bond motifs is 1. The van der Waals surface area contributed by atoms with Crippen LogP contribution in [0.2, 0.25) is 0 Å². The minimum atomic E-state index is -4.15. The van der Waals surface area contributed by atoms with Crippen LogP contribution < -0.4 is 20.1 Å². The van der Waals surface area contributed by atoms with Crippen molar-refractivity contribution in [3.8, 4) is 11.6 Å². The van der Waals surface area contributed by atoms with E-state index in [4.69, 9.17) is 29.0 Å². The molecule has 40 heavy (non-hydrogen) atoms. The zero-order valence-electron chi connectivity index (χ0n) is 22.9. The highest BCUT2D eigenvalue weighted by atomic mass is 31.2. The van der Waals surface area contributed by atoms with Gasteiger partial charge in [0.25, 0.3) is 0 Å². The largest absolute Gasteiger partial charge is 0.476 e. The molecular formula is C25H34FN6O7P. The maximum atomic E-state index is 15.9. The fourth-order valence-electron chi connectivity index (χ4n) is 4.20. The van der Waals surface area contributed by atoms with E-state index < -0.39 is 37.8 Å². The van der Waals surface area contributed by atoms with Gasteiger partial charge in [0.1, 0.15) is 11.8 Å². The molecule has 2 aromatic heterocycles. The van der Waals surface area contributed by atoms with Crippen LogP contribution in [0.5, 0.6) is 11.6 Å². The Morgan fingerprint density at radius 3 is 2.70 bits per heavy atom. The highest BCUT2D eigenvalue weighted by Crippen LogP contribution is 2.48. The third-order valence-electron chi connectivity index (χ3n) is 5.86. The van der Waals surface area contributed by atoms with Crippen LogP contribution in [-0.2, 0) is 23.4 Å². The summed E-state index contributed by atoms with van der Waals surface area (Å²) in [5.74, 6) is -0.275. The smallest absolute Gasteiger partial charge is 0.459 e. The summed E-state index contributed by atoms with van der Waals surface area (Å²) in [5, 5.41) is 2.61. The van der Waals surface area contributed by atoms with Crippen molar-refractivity contribution in [3.63, 3.8) is 0 Å². The van der Waals surface area contributed by atoms with Gasteiger partial charge < -0.3 is 24.5 Å². The minimum Gasteiger partial charge on any atom is -0.476 e. The Morgan fingerprint density at radius 2 is 2.02 bits per heavy atom. The van der Waals surface area contributed by atoms with E-state index in [1.54, 1.807) is 51.1 Å². The molecule has 3 heterocycles. The summed E-state index contributed by atoms with van der Waals surface area (Å²) in [6.07, 6.45) is -1.10. The van der Waals surface area contributed by atoms with Gasteiger partial charge in [0.2, 0.25) is 11.8 Å². The molecule has 0 bridgehead atoms. The van der Waals surface area contributed by atoms with E-state index in [-0.39, 0.29) is 42.4 Å². The van der Waals surface area contributed by atoms with Gasteiger partial charge in [0.15, 0.2) is 23.1 Å². The molecule has 0 radical (unpaired) electrons. The first kappa shape index (κ1) is 29.7. The van der Waals surface area contributed by atoms with Crippen molar-refractivity contribution >= 4 is 30.8 Å². The number of hydrogen-bond acceptors (Lipinski definition) is 11. The molecule has 1 aliphatic heterocycles. The summed E-state index contributed by atoms with van der Waals surface area (Å²) in [7, 11) is -4.15. The molecule has 4 rings (SSSR count). The lowest BCUT2D eigenvalue weighted by molar-refractivity contribution is -0.149. The van der Waals surface area contributed by atoms with Crippen LogP contribution >= 0.6 is 7.75 Å². The predicted octanol–water partition coefficient (Wildman–Crippen LogP) is 3.96. The lowest BCUT2D eigenvalue weighted by Gasteiger charge is -2.24. The zero-order valence-corrected chi connectivity index (χ0v) is 23.8. The number of carbonyl (C=O) groups excluding carboxylic acids is 1. The van der Waals surface area contributed by atoms with Crippen LogP contribution in [0.3, 0.4) is 0 Å². The Bertz CT molecular complexity index is 1370. The number of nitrogens with zero attached hydrogens (tertiary/aromatic N) is 4. The molecular weight excluding hydrogens is 546 g/mol. The van der Waals surface area contributed by atoms with Gasteiger partial charge in [-0.1, -0.05) is 18.2 Å². The monoisotopic (exact) mass is 580 g/mol. The lowest BCUT2D eigenvalue weighted by Crippen LogP contribution is -2.36. The first-order valence-corrected chi connectivity index (χ1v) is 14.4. The number of para-hydroxylation sites is 1. The molecule has 1 aliphatic rings. The fraction of sp³-hybridized carbons (Fsp3) is 0.520. The summed E-state index contributed by atoms with van der Waals surface area (Å²) in [6, 6.07) is 7.30. The fourth-order valence-corrected chi connectivity index (χ4v) is 5.72. The van der Waals surface area contributed by atoms with Gasteiger partial charge in [-0.25, -0.2) is 13.9 Å². The number of benzene rings is 1. The molecule has 5 atom stereocenters. The number of imidazole rings is 1. The van der Waals surface area contributed by atoms with Crippen LogP contribution in [0.1, 0.15) is 47.3 Å². The van der Waals surface area contributed by atoms with E-state index in [1.807, 2.05) is 0 Å². The van der Waals surface area contributed by atoms with Crippen molar-refractivity contribution in [1.82, 2.24) is 24.6 Å². The Balaban J connectivity index is 1.52. The van der Waals surface area contributed by atoms with E-state index >= 15 is 4.39 Å². The van der Waals surface area contributed by atoms with Crippen molar-refractivity contribution < 1.29 is 37.0 Å². The molecule has 0 amide bonds. The van der Waals surface area contributed by atoms with Gasteiger partial charge in [-0.15, -0.1) is 0 Å². The molecule has 0 saturated carbocycles. The normalized spacial score (nSPS) is 23.2. The Labute approximate surface area is 231 Å². The highest BCUT2D eigenvalue weighted by Gasteiger charge is 2.48. The molecule has 0 aliphatic carbocycles. The zero-order chi connectivity index (χ0) is 29.1. The summed E-state index contributed by atoms with van der Waals surface area (Å²) >= 11 is 0. The van der Waals surface area contributed by atoms with E-state index in [2.05, 4.69) is 20.0 Å². The molecule has 3 aromatic rings. The van der Waals surface area contributed by atoms with E-state index in [0.29, 0.717) is 12.1 Å². The van der Waals surface area contributed by atoms with Crippen molar-refractivity contribution in [3.05, 3.63) is 36.7 Å². The lowest BCUT2D eigenvalue weighted by atomic mass is 10.0. The van der Waals surface area contributed by atoms with E-state index in [0.717, 1.165) is 0 Å². The second-order valence-corrected chi connectivity index (χ2v) is 11.5. The van der Waals surface area contributed by atoms with Crippen LogP contribution in [-0.4, -0.2) is 62.6 Å². The Kier molecular flexibility index (Phi) is 8.93. The molecule has 0 spiro atoms. The van der Waals surface area contributed by atoms with Crippen LogP contribution in [0.25, 0.3) is 11.2 Å². The van der Waals surface area contributed by atoms with Crippen molar-refractivity contribution in [2.24, 2.45) is 0 Å². The van der Waals surface area contributed by atoms with Crippen molar-refractivity contribution in [2.45, 2.75) is 71.2 Å². The average molecular weight is 581 g/mol. The summed E-state index contributed by atoms with van der Waals surface area (Å²) in [4.78, 5) is 24.9. The quantitative estimate of drug-likeness (QED) is 0.235. The van der Waals surface area contributed by atoms with Crippen molar-refractivity contribution in [1.29, 1.82) is 0 Å². The van der Waals surface area contributed by atoms with Gasteiger partial charge >= 0.3 is 13.7 Å². The molecule has 2 unspecified atom stereocenters. The third kappa shape index (κ3) is 6.87. The number of carbonyl (C=O) groups is 1. The van der Waals surface area contributed by atoms with Crippen LogP contribution in [0, 0.1) is 0 Å². The first-order valence-electron chi connectivity index (χ1n) is 12.9. The molecule has 13 nitrogen and oxygen atoms in total. The van der Waals surface area contributed by atoms with Gasteiger partial charge in [-0.2, -0.15) is 15.1 Å². The van der Waals surface area contributed by atoms with Gasteiger partial charge in [-0.05, 0) is 46.8 Å². The second kappa shape index (κ2) is 12.0. The van der Waals surface area contributed by atoms with Gasteiger partial charge in [0.05, 0.1) is 31.7 Å². The van der Waals surface area contributed by atoms with Gasteiger partial charge in [0, 0.05) is 6.42 Å². The average Bonchev–Trinajstić information content (AvgIpc) is 3.42. The molecule has 1 fully saturated rings. The van der Waals surface area contributed by atoms with Crippen LogP contribution in [0.15, 0.2) is 36.7 Å². The van der Waals surface area contributed by atoms with Crippen molar-refractivity contribution in [2.75, 3.05) is 18.9 Å². The number of anilines is 1. The number of alkyl halides is 1. The van der Waals surface area contributed by atoms with Gasteiger partial charge in [-0.3, -0.25) is 13.9 Å². The third-order valence-corrected chi connectivity index (χ3v) is 7.50. The Hall–Kier alpha value is -3.32. The predicted molar refractivity (Wildman–Crippen MR) is 143 cm³/mol. The first-order chi connectivity index (χ1) is 18.9. The Morgan fingerprint density at radius 1 is 1.30 bits per heavy atom. The second-order valence-electron chi connectivity index (χ2n) is 9.77. The molecule has 15 heteroatoms. The number of esters is 1. The van der Waals surface area contributed by atoms with Crippen LogP contribution in [0.4, 0.5) is 10.3 Å². The molecule has 1 saturated heterocycles. The molecule has 218 valence electrons.